The maximum Gasteiger partial charge on any atom is 0.407 e. The molecule has 0 bridgehead atoms. The molecule has 23 heteroatoms. The van der Waals surface area contributed by atoms with Gasteiger partial charge in [0.05, 0.1) is 33.0 Å². The summed E-state index contributed by atoms with van der Waals surface area (Å²) in [6.07, 6.45) is 1.61. The van der Waals surface area contributed by atoms with E-state index in [1.54, 1.807) is 64.1 Å². The number of hydrogen-bond donors (Lipinski definition) is 5. The van der Waals surface area contributed by atoms with Gasteiger partial charge < -0.3 is 69.5 Å². The van der Waals surface area contributed by atoms with E-state index < -0.39 is 108 Å². The number of esters is 3. The van der Waals surface area contributed by atoms with E-state index in [2.05, 4.69) is 26.6 Å². The molecule has 3 rings (SSSR count). The van der Waals surface area contributed by atoms with Crippen LogP contribution < -0.4 is 26.6 Å². The molecule has 0 spiro atoms. The van der Waals surface area contributed by atoms with E-state index in [0.717, 1.165) is 16.2 Å². The van der Waals surface area contributed by atoms with Gasteiger partial charge in [0.15, 0.2) is 6.10 Å². The highest BCUT2D eigenvalue weighted by Gasteiger charge is 2.38. The third kappa shape index (κ3) is 26.9. The van der Waals surface area contributed by atoms with Crippen LogP contribution in [-0.2, 0) is 84.5 Å². The van der Waals surface area contributed by atoms with Gasteiger partial charge in [-0.15, -0.1) is 0 Å². The van der Waals surface area contributed by atoms with Gasteiger partial charge in [0.1, 0.15) is 43.0 Å². The highest BCUT2D eigenvalue weighted by atomic mass is 16.6. The van der Waals surface area contributed by atoms with Crippen LogP contribution in [0, 0.1) is 17.8 Å². The maximum atomic E-state index is 14.3. The van der Waals surface area contributed by atoms with Crippen molar-refractivity contribution >= 4 is 59.2 Å². The van der Waals surface area contributed by atoms with Gasteiger partial charge >= 0.3 is 24.0 Å². The van der Waals surface area contributed by atoms with Gasteiger partial charge in [-0.05, 0) is 101 Å². The number of anilines is 1. The lowest BCUT2D eigenvalue weighted by molar-refractivity contribution is -0.155. The SMILES string of the molecule is C/C=C(\C)[C@H]1OC(=O)[C@@H](C)NC(=O)[C@H](C(C)CC)NC(=O)CN(C)C(=O)[C@@H](Cc2ccccc2)N(C)C(=O)[C@H](C)NC(=O)[C@@H](CC(C)C)OC(=O)/C(C)=C/C[C@H](OC(=O)NCCCOCCOCCOCCCCC(=O)OCc2ccc(NC)cc2)[C@@H]1C. The third-order valence-corrected chi connectivity index (χ3v) is 15.1. The van der Waals surface area contributed by atoms with Crippen LogP contribution in [0.1, 0.15) is 125 Å². The summed E-state index contributed by atoms with van der Waals surface area (Å²) in [6, 6.07) is 11.9. The van der Waals surface area contributed by atoms with Crippen LogP contribution in [0.15, 0.2) is 77.9 Å². The van der Waals surface area contributed by atoms with Crippen LogP contribution in [0.25, 0.3) is 0 Å². The van der Waals surface area contributed by atoms with Gasteiger partial charge in [-0.25, -0.2) is 14.4 Å². The number of benzene rings is 2. The van der Waals surface area contributed by atoms with E-state index in [9.17, 15) is 43.2 Å². The summed E-state index contributed by atoms with van der Waals surface area (Å²) >= 11 is 0. The minimum atomic E-state index is -1.34. The minimum Gasteiger partial charge on any atom is -0.461 e. The van der Waals surface area contributed by atoms with Crippen molar-refractivity contribution in [3.63, 3.8) is 0 Å². The van der Waals surface area contributed by atoms with E-state index in [4.69, 9.17) is 33.2 Å². The second-order valence-electron chi connectivity index (χ2n) is 22.8. The molecule has 0 fully saturated rings. The van der Waals surface area contributed by atoms with Gasteiger partial charge in [0.25, 0.3) is 5.91 Å². The molecule has 1 aliphatic heterocycles. The summed E-state index contributed by atoms with van der Waals surface area (Å²) in [7, 11) is 4.67. The molecule has 23 nitrogen and oxygen atoms in total. The fourth-order valence-electron chi connectivity index (χ4n) is 9.25. The molecule has 2 aromatic rings. The van der Waals surface area contributed by atoms with E-state index in [1.165, 1.54) is 45.8 Å². The highest BCUT2D eigenvalue weighted by molar-refractivity contribution is 5.96. The Bertz CT molecular complexity index is 2600. The minimum absolute atomic E-state index is 0.0523. The molecule has 0 saturated heterocycles. The molecular formula is C65H99N7O16. The first kappa shape index (κ1) is 74.9. The van der Waals surface area contributed by atoms with Crippen molar-refractivity contribution in [2.75, 3.05) is 79.2 Å². The Labute approximate surface area is 520 Å². The molecule has 9 atom stereocenters. The fourth-order valence-corrected chi connectivity index (χ4v) is 9.25. The maximum absolute atomic E-state index is 14.3. The van der Waals surface area contributed by atoms with Crippen molar-refractivity contribution in [3.8, 4) is 0 Å². The molecular weight excluding hydrogens is 1130 g/mol. The molecule has 0 aromatic heterocycles. The molecule has 88 heavy (non-hydrogen) atoms. The van der Waals surface area contributed by atoms with Crippen molar-refractivity contribution < 1.29 is 76.3 Å². The lowest BCUT2D eigenvalue weighted by Gasteiger charge is -2.33. The molecule has 0 saturated carbocycles. The highest BCUT2D eigenvalue weighted by Crippen LogP contribution is 2.26. The van der Waals surface area contributed by atoms with Crippen molar-refractivity contribution in [1.29, 1.82) is 0 Å². The number of carbonyl (C=O) groups excluding carboxylic acids is 9. The monoisotopic (exact) mass is 1230 g/mol. The molecule has 1 heterocycles. The van der Waals surface area contributed by atoms with E-state index in [0.29, 0.717) is 82.9 Å². The summed E-state index contributed by atoms with van der Waals surface area (Å²) in [5, 5.41) is 13.9. The number of ether oxygens (including phenoxy) is 7. The van der Waals surface area contributed by atoms with Crippen molar-refractivity contribution in [2.45, 2.75) is 170 Å². The average Bonchev–Trinajstić information content (AvgIpc) is 3.71. The zero-order valence-electron chi connectivity index (χ0n) is 54.1. The van der Waals surface area contributed by atoms with Crippen molar-refractivity contribution in [1.82, 2.24) is 31.1 Å². The van der Waals surface area contributed by atoms with E-state index >= 15 is 0 Å². The van der Waals surface area contributed by atoms with Crippen LogP contribution in [0.4, 0.5) is 10.5 Å². The Kier molecular flexibility index (Phi) is 34.2. The quantitative estimate of drug-likeness (QED) is 0.0296. The molecule has 0 radical (unpaired) electrons. The summed E-state index contributed by atoms with van der Waals surface area (Å²) in [6.45, 7) is 18.9. The number of allylic oxidation sites excluding steroid dienone is 1. The Morgan fingerprint density at radius 2 is 1.40 bits per heavy atom. The van der Waals surface area contributed by atoms with Crippen molar-refractivity contribution in [3.05, 3.63) is 89.0 Å². The summed E-state index contributed by atoms with van der Waals surface area (Å²) < 4.78 is 40.3. The number of rotatable bonds is 26. The number of carbonyl (C=O) groups is 9. The topological polar surface area (TPSA) is 285 Å². The first-order valence-electron chi connectivity index (χ1n) is 30.7. The number of hydrogen-bond acceptors (Lipinski definition) is 17. The molecule has 1 unspecified atom stereocenters. The van der Waals surface area contributed by atoms with Gasteiger partial charge in [-0.2, -0.15) is 0 Å². The van der Waals surface area contributed by atoms with Crippen LogP contribution in [-0.4, -0.2) is 180 Å². The lowest BCUT2D eigenvalue weighted by Crippen LogP contribution is -2.57. The molecule has 0 aliphatic carbocycles. The first-order valence-corrected chi connectivity index (χ1v) is 30.7. The number of unbranched alkanes of at least 4 members (excludes halogenated alkanes) is 1. The standard InChI is InChI=1S/C65H99N7O16/c1-14-43(5)57-60(76)69-48(10)64(80)88-58(44(6)15-2)46(8)53(87-65(81)67-31-21-33-83-35-37-84-36-34-82-32-20-19-24-56(74)85-41-50-26-28-51(66-11)29-27-50)30-25-45(7)63(79)86-54(38-42(3)4)59(75)68-47(9)61(77)72(13)52(39-49-22-17-16-18-23-49)62(78)71(12)40-55(73)70-57/h15-18,22-23,25-29,42-43,46-48,52-54,57-58,66H,14,19-21,24,30-41H2,1-13H3,(H,67,81)(H,68,75)(H,69,76)(H,70,73)/b44-15+,45-25+/t43?,46-,47-,48+,52+,53-,54+,57-,58+/m0/s1. The van der Waals surface area contributed by atoms with Gasteiger partial charge in [0.2, 0.25) is 23.6 Å². The number of cyclic esters (lactones) is 2. The first-order chi connectivity index (χ1) is 41.9. The Balaban J connectivity index is 1.73. The smallest absolute Gasteiger partial charge is 0.407 e. The largest absolute Gasteiger partial charge is 0.461 e. The Morgan fingerprint density at radius 1 is 0.773 bits per heavy atom. The Morgan fingerprint density at radius 3 is 2.01 bits per heavy atom. The number of likely N-dealkylation sites (N-methyl/N-ethyl adjacent to an activating group) is 2. The zero-order valence-corrected chi connectivity index (χ0v) is 54.1. The van der Waals surface area contributed by atoms with Crippen LogP contribution >= 0.6 is 0 Å². The number of alkyl carbamates (subject to hydrolysis) is 1. The predicted octanol–water partition coefficient (Wildman–Crippen LogP) is 6.37. The molecule has 490 valence electrons. The fraction of sp³-hybridized carbons (Fsp3) is 0.615. The van der Waals surface area contributed by atoms with Crippen LogP contribution in [0.2, 0.25) is 0 Å². The van der Waals surface area contributed by atoms with Gasteiger partial charge in [-0.1, -0.05) is 95.7 Å². The molecule has 5 N–H and O–H groups in total. The summed E-state index contributed by atoms with van der Waals surface area (Å²) in [5.74, 6) is -6.62. The summed E-state index contributed by atoms with van der Waals surface area (Å²) in [4.78, 5) is 126. The lowest BCUT2D eigenvalue weighted by atomic mass is 9.90. The number of nitrogens with zero attached hydrogens (tertiary/aromatic N) is 2. The van der Waals surface area contributed by atoms with Crippen LogP contribution in [0.5, 0.6) is 0 Å². The van der Waals surface area contributed by atoms with E-state index in [-0.39, 0.29) is 49.9 Å². The van der Waals surface area contributed by atoms with Crippen LogP contribution in [0.3, 0.4) is 0 Å². The molecule has 6 amide bonds. The normalized spacial score (nSPS) is 23.0. The van der Waals surface area contributed by atoms with E-state index in [1.807, 2.05) is 52.1 Å². The number of nitrogens with one attached hydrogen (secondary N) is 5. The third-order valence-electron chi connectivity index (χ3n) is 15.1. The van der Waals surface area contributed by atoms with Gasteiger partial charge in [0, 0.05) is 77.3 Å². The second kappa shape index (κ2) is 40.2. The Hall–Kier alpha value is -7.37. The predicted molar refractivity (Wildman–Crippen MR) is 332 cm³/mol. The van der Waals surface area contributed by atoms with Crippen molar-refractivity contribution in [2.24, 2.45) is 17.8 Å². The molecule has 1 aliphatic rings. The molecule has 2 aromatic carbocycles. The zero-order chi connectivity index (χ0) is 65.3. The second-order valence-corrected chi connectivity index (χ2v) is 22.8. The summed E-state index contributed by atoms with van der Waals surface area (Å²) in [5.41, 5.74) is 3.27. The average molecular weight is 1230 g/mol. The number of amides is 6. The van der Waals surface area contributed by atoms with Gasteiger partial charge in [-0.3, -0.25) is 28.8 Å².